The van der Waals surface area contributed by atoms with E-state index in [0.29, 0.717) is 4.31 Å². The fourth-order valence-electron chi connectivity index (χ4n) is 1.67. The second-order valence-electron chi connectivity index (χ2n) is 4.36. The average molecular weight is 268 g/mol. The van der Waals surface area contributed by atoms with Crippen LogP contribution in [0.5, 0.6) is 0 Å². The highest BCUT2D eigenvalue weighted by atomic mass is 32.2. The molecule has 1 aliphatic rings. The Bertz CT molecular complexity index is 689. The summed E-state index contributed by atoms with van der Waals surface area (Å²) >= 11 is 0. The maximum absolute atomic E-state index is 13.0. The van der Waals surface area contributed by atoms with Crippen LogP contribution in [-0.4, -0.2) is 19.1 Å². The molecule has 5 nitrogen and oxygen atoms in total. The first-order chi connectivity index (χ1) is 8.23. The highest BCUT2D eigenvalue weighted by Crippen LogP contribution is 2.40. The number of nitrogens with zero attached hydrogens (tertiary/aromatic N) is 2. The molecular weight excluding hydrogens is 259 g/mol. The lowest BCUT2D eigenvalue weighted by atomic mass is 10.1. The van der Waals surface area contributed by atoms with Crippen LogP contribution in [0.4, 0.5) is 10.1 Å². The summed E-state index contributed by atoms with van der Waals surface area (Å²) < 4.78 is 35.9. The van der Waals surface area contributed by atoms with E-state index < -0.39 is 26.5 Å². The molecule has 1 aromatic carbocycles. The first kappa shape index (κ1) is 12.5. The van der Waals surface area contributed by atoms with Crippen molar-refractivity contribution in [3.63, 3.8) is 0 Å². The molecule has 0 saturated carbocycles. The van der Waals surface area contributed by atoms with Crippen molar-refractivity contribution in [2.24, 2.45) is 0 Å². The molecule has 0 unspecified atom stereocenters. The van der Waals surface area contributed by atoms with E-state index in [1.807, 2.05) is 0 Å². The molecule has 2 rings (SSSR count). The number of benzene rings is 1. The Morgan fingerprint density at radius 3 is 2.50 bits per heavy atom. The van der Waals surface area contributed by atoms with Gasteiger partial charge in [0, 0.05) is 0 Å². The van der Waals surface area contributed by atoms with E-state index in [2.05, 4.69) is 0 Å². The summed E-state index contributed by atoms with van der Waals surface area (Å²) in [4.78, 5) is 11.8. The Balaban J connectivity index is 2.61. The summed E-state index contributed by atoms with van der Waals surface area (Å²) in [5.41, 5.74) is -0.300. The Labute approximate surface area is 103 Å². The molecule has 1 saturated heterocycles. The third-order valence-corrected chi connectivity index (χ3v) is 5.19. The molecule has 0 aromatic heterocycles. The van der Waals surface area contributed by atoms with Gasteiger partial charge >= 0.3 is 0 Å². The van der Waals surface area contributed by atoms with Gasteiger partial charge in [0.1, 0.15) is 11.9 Å². The van der Waals surface area contributed by atoms with Gasteiger partial charge in [-0.05, 0) is 32.0 Å². The van der Waals surface area contributed by atoms with Crippen molar-refractivity contribution in [3.8, 4) is 6.07 Å². The number of halogens is 1. The van der Waals surface area contributed by atoms with Gasteiger partial charge in [-0.15, -0.1) is 0 Å². The van der Waals surface area contributed by atoms with Crippen molar-refractivity contribution in [1.29, 1.82) is 5.26 Å². The Hall–Kier alpha value is -1.94. The van der Waals surface area contributed by atoms with Crippen LogP contribution < -0.4 is 4.31 Å². The predicted octanol–water partition coefficient (Wildman–Crippen LogP) is 1.15. The second-order valence-corrected chi connectivity index (χ2v) is 6.69. The van der Waals surface area contributed by atoms with Crippen LogP contribution in [0.2, 0.25) is 0 Å². The number of rotatable bonds is 1. The van der Waals surface area contributed by atoms with Gasteiger partial charge in [-0.1, -0.05) is 0 Å². The minimum absolute atomic E-state index is 0.108. The van der Waals surface area contributed by atoms with Gasteiger partial charge in [0.2, 0.25) is 0 Å². The van der Waals surface area contributed by atoms with E-state index in [4.69, 9.17) is 5.26 Å². The van der Waals surface area contributed by atoms with Gasteiger partial charge in [-0.2, -0.15) is 5.26 Å². The van der Waals surface area contributed by atoms with E-state index in [-0.39, 0.29) is 11.3 Å². The zero-order chi connectivity index (χ0) is 13.7. The molecule has 7 heteroatoms. The number of hydrogen-bond donors (Lipinski definition) is 0. The Morgan fingerprint density at radius 1 is 1.39 bits per heavy atom. The van der Waals surface area contributed by atoms with Crippen molar-refractivity contribution in [1.82, 2.24) is 0 Å². The molecule has 94 valence electrons. The summed E-state index contributed by atoms with van der Waals surface area (Å²) in [5.74, 6) is -1.30. The van der Waals surface area contributed by atoms with Gasteiger partial charge in [0.15, 0.2) is 4.75 Å². The van der Waals surface area contributed by atoms with Gasteiger partial charge in [-0.25, -0.2) is 17.1 Å². The van der Waals surface area contributed by atoms with E-state index in [9.17, 15) is 17.6 Å². The Morgan fingerprint density at radius 2 is 2.00 bits per heavy atom. The van der Waals surface area contributed by atoms with Crippen molar-refractivity contribution in [2.75, 3.05) is 4.31 Å². The molecule has 1 aliphatic heterocycles. The molecule has 0 atom stereocenters. The van der Waals surface area contributed by atoms with Crippen LogP contribution in [0.15, 0.2) is 18.2 Å². The molecule has 1 heterocycles. The quantitative estimate of drug-likeness (QED) is 0.765. The zero-order valence-corrected chi connectivity index (χ0v) is 10.5. The summed E-state index contributed by atoms with van der Waals surface area (Å²) in [6.07, 6.45) is 0. The number of anilines is 1. The molecule has 1 amide bonds. The smallest absolute Gasteiger partial charge is 0.263 e. The van der Waals surface area contributed by atoms with E-state index in [1.54, 1.807) is 6.07 Å². The first-order valence-electron chi connectivity index (χ1n) is 5.02. The topological polar surface area (TPSA) is 78.2 Å². The fourth-order valence-corrected chi connectivity index (χ4v) is 3.17. The molecule has 0 aliphatic carbocycles. The summed E-state index contributed by atoms with van der Waals surface area (Å²) in [6, 6.07) is 4.68. The van der Waals surface area contributed by atoms with Gasteiger partial charge in [-0.3, -0.25) is 4.79 Å². The van der Waals surface area contributed by atoms with Crippen molar-refractivity contribution in [2.45, 2.75) is 18.6 Å². The maximum Gasteiger partial charge on any atom is 0.263 e. The summed E-state index contributed by atoms with van der Waals surface area (Å²) in [6.45, 7) is 2.58. The monoisotopic (exact) mass is 268 g/mol. The van der Waals surface area contributed by atoms with Gasteiger partial charge in [0.05, 0.1) is 11.3 Å². The summed E-state index contributed by atoms with van der Waals surface area (Å²) in [5, 5.41) is 8.85. The minimum atomic E-state index is -3.84. The van der Waals surface area contributed by atoms with Crippen molar-refractivity contribution in [3.05, 3.63) is 29.6 Å². The van der Waals surface area contributed by atoms with E-state index >= 15 is 0 Å². The molecule has 0 N–H and O–H groups in total. The number of nitriles is 1. The van der Waals surface area contributed by atoms with Crippen LogP contribution in [0, 0.1) is 17.1 Å². The van der Waals surface area contributed by atoms with Crippen LogP contribution in [-0.2, 0) is 14.8 Å². The van der Waals surface area contributed by atoms with Crippen LogP contribution in [0.25, 0.3) is 0 Å². The number of hydrogen-bond acceptors (Lipinski definition) is 4. The molecule has 0 spiro atoms. The van der Waals surface area contributed by atoms with Crippen LogP contribution in [0.3, 0.4) is 0 Å². The molecule has 1 aromatic rings. The van der Waals surface area contributed by atoms with Gasteiger partial charge < -0.3 is 0 Å². The maximum atomic E-state index is 13.0. The zero-order valence-electron chi connectivity index (χ0n) is 9.64. The molecule has 1 fully saturated rings. The Kier molecular flexibility index (Phi) is 2.45. The molecular formula is C11H9FN2O3S. The van der Waals surface area contributed by atoms with Gasteiger partial charge in [0.25, 0.3) is 15.9 Å². The predicted molar refractivity (Wildman–Crippen MR) is 61.6 cm³/mol. The third-order valence-electron chi connectivity index (χ3n) is 2.88. The molecule has 0 radical (unpaired) electrons. The standard InChI is InChI=1S/C11H9FN2O3S/c1-11(2)10(15)14(18(11,16)17)9-4-3-8(12)5-7(9)6-13/h3-5H,1-2H3. The lowest BCUT2D eigenvalue weighted by Gasteiger charge is -2.43. The number of sulfonamides is 1. The largest absolute Gasteiger partial charge is 0.272 e. The van der Waals surface area contributed by atoms with Crippen LogP contribution in [0.1, 0.15) is 19.4 Å². The van der Waals surface area contributed by atoms with E-state index in [0.717, 1.165) is 18.2 Å². The van der Waals surface area contributed by atoms with Crippen molar-refractivity contribution < 1.29 is 17.6 Å². The third kappa shape index (κ3) is 1.36. The first-order valence-corrected chi connectivity index (χ1v) is 6.46. The van der Waals surface area contributed by atoms with Crippen LogP contribution >= 0.6 is 0 Å². The number of amides is 1. The lowest BCUT2D eigenvalue weighted by molar-refractivity contribution is -0.120. The van der Waals surface area contributed by atoms with E-state index in [1.165, 1.54) is 13.8 Å². The highest BCUT2D eigenvalue weighted by molar-refractivity contribution is 7.98. The number of carbonyl (C=O) groups excluding carboxylic acids is 1. The number of carbonyl (C=O) groups is 1. The average Bonchev–Trinajstić information content (AvgIpc) is 2.30. The highest BCUT2D eigenvalue weighted by Gasteiger charge is 2.61. The SMILES string of the molecule is CC1(C)C(=O)N(c2ccc(F)cc2C#N)S1(=O)=O. The normalized spacial score (nSPS) is 20.1. The molecule has 18 heavy (non-hydrogen) atoms. The lowest BCUT2D eigenvalue weighted by Crippen LogP contribution is -2.67. The fraction of sp³-hybridized carbons (Fsp3) is 0.273. The minimum Gasteiger partial charge on any atom is -0.272 e. The second kappa shape index (κ2) is 3.53. The molecule has 0 bridgehead atoms. The van der Waals surface area contributed by atoms with Crippen molar-refractivity contribution >= 4 is 21.6 Å². The summed E-state index contributed by atoms with van der Waals surface area (Å²) in [7, 11) is -3.84.